The predicted molar refractivity (Wildman–Crippen MR) is 191 cm³/mol. The summed E-state index contributed by atoms with van der Waals surface area (Å²) in [6.07, 6.45) is 0. The highest BCUT2D eigenvalue weighted by Crippen LogP contribution is 2.50. The predicted octanol–water partition coefficient (Wildman–Crippen LogP) is 11.4. The number of rotatable bonds is 11. The third kappa shape index (κ3) is 7.41. The molecule has 0 fully saturated rings. The van der Waals surface area contributed by atoms with Crippen LogP contribution in [0.5, 0.6) is 11.5 Å². The van der Waals surface area contributed by atoms with Crippen LogP contribution >= 0.6 is 7.82 Å². The van der Waals surface area contributed by atoms with E-state index in [-0.39, 0.29) is 29.3 Å². The number of phosphoric ester groups is 1. The molecule has 0 bridgehead atoms. The molecule has 6 aromatic rings. The highest BCUT2D eigenvalue weighted by Gasteiger charge is 2.30. The van der Waals surface area contributed by atoms with Crippen molar-refractivity contribution in [2.45, 2.75) is 38.5 Å². The summed E-state index contributed by atoms with van der Waals surface area (Å²) >= 11 is 0. The molecular weight excluding hydrogens is 599 g/mol. The molecule has 4 unspecified atom stereocenters. The Morgan fingerprint density at radius 3 is 1.38 bits per heavy atom. The fourth-order valence-corrected chi connectivity index (χ4v) is 7.08. The number of para-hydroxylation sites is 2. The monoisotopic (exact) mass is 638 g/mol. The molecule has 4 atom stereocenters. The lowest BCUT2D eigenvalue weighted by molar-refractivity contribution is 0.291. The van der Waals surface area contributed by atoms with Gasteiger partial charge in [0.25, 0.3) is 0 Å². The molecule has 6 rings (SSSR count). The van der Waals surface area contributed by atoms with Gasteiger partial charge in [-0.2, -0.15) is 0 Å². The normalized spacial score (nSPS) is 14.4. The molecule has 0 radical (unpaired) electrons. The zero-order chi connectivity index (χ0) is 32.8. The fraction of sp³-hybridized carbons (Fsp3) is 0.143. The summed E-state index contributed by atoms with van der Waals surface area (Å²) in [4.78, 5) is 11.0. The van der Waals surface area contributed by atoms with Crippen LogP contribution in [0.25, 0.3) is 11.1 Å². The second kappa shape index (κ2) is 14.3. The summed E-state index contributed by atoms with van der Waals surface area (Å²) in [5.74, 6) is 0.681. The van der Waals surface area contributed by atoms with E-state index in [9.17, 15) is 9.46 Å². The smallest absolute Gasteiger partial charge is 0.395 e. The summed E-state index contributed by atoms with van der Waals surface area (Å²) < 4.78 is 24.8. The maximum Gasteiger partial charge on any atom is 0.584 e. The Balaban J connectivity index is 1.58. The molecule has 0 aliphatic carbocycles. The molecule has 5 heteroatoms. The molecule has 6 aromatic carbocycles. The first kappa shape index (κ1) is 32.1. The fourth-order valence-electron chi connectivity index (χ4n) is 6.24. The van der Waals surface area contributed by atoms with Crippen LogP contribution < -0.4 is 9.05 Å². The molecule has 0 heterocycles. The van der Waals surface area contributed by atoms with Gasteiger partial charge in [-0.3, -0.25) is 4.89 Å². The Kier molecular flexibility index (Phi) is 9.73. The van der Waals surface area contributed by atoms with Gasteiger partial charge in [0, 0.05) is 23.3 Å². The van der Waals surface area contributed by atoms with E-state index >= 15 is 0 Å². The van der Waals surface area contributed by atoms with Crippen LogP contribution in [0.4, 0.5) is 0 Å². The molecule has 0 aliphatic heterocycles. The number of hydrogen-bond acceptors (Lipinski definition) is 3. The SMILES string of the molecule is CC(c1ccccc1)c1cc(C(C)c2ccccc2)c(-c2ccccc2OP(=O)(O)Oc2ccccc2)c(C(C)c2ccccc2)c1. The molecular formula is C42H39O4P. The van der Waals surface area contributed by atoms with Crippen LogP contribution in [-0.2, 0) is 4.57 Å². The lowest BCUT2D eigenvalue weighted by Gasteiger charge is -2.28. The van der Waals surface area contributed by atoms with Crippen LogP contribution in [0.1, 0.15) is 71.9 Å². The van der Waals surface area contributed by atoms with E-state index in [1.165, 1.54) is 22.3 Å². The highest BCUT2D eigenvalue weighted by molar-refractivity contribution is 7.48. The molecule has 47 heavy (non-hydrogen) atoms. The van der Waals surface area contributed by atoms with Crippen molar-refractivity contribution in [3.63, 3.8) is 0 Å². The van der Waals surface area contributed by atoms with Crippen molar-refractivity contribution in [1.29, 1.82) is 0 Å². The van der Waals surface area contributed by atoms with E-state index in [4.69, 9.17) is 9.05 Å². The molecule has 1 N–H and O–H groups in total. The van der Waals surface area contributed by atoms with Gasteiger partial charge in [0.1, 0.15) is 11.5 Å². The minimum absolute atomic E-state index is 0.00500. The third-order valence-electron chi connectivity index (χ3n) is 8.89. The molecule has 236 valence electrons. The van der Waals surface area contributed by atoms with Crippen molar-refractivity contribution >= 4 is 7.82 Å². The lowest BCUT2D eigenvalue weighted by Crippen LogP contribution is -2.10. The number of hydrogen-bond donors (Lipinski definition) is 1. The zero-order valence-corrected chi connectivity index (χ0v) is 27.8. The Hall–Kier alpha value is -4.89. The van der Waals surface area contributed by atoms with Gasteiger partial charge in [0.05, 0.1) is 0 Å². The van der Waals surface area contributed by atoms with Gasteiger partial charge >= 0.3 is 7.82 Å². The van der Waals surface area contributed by atoms with Crippen molar-refractivity contribution in [3.05, 3.63) is 191 Å². The molecule has 0 saturated carbocycles. The highest BCUT2D eigenvalue weighted by atomic mass is 31.2. The van der Waals surface area contributed by atoms with Crippen molar-refractivity contribution in [3.8, 4) is 22.6 Å². The van der Waals surface area contributed by atoms with E-state index in [0.717, 1.165) is 22.3 Å². The van der Waals surface area contributed by atoms with Crippen LogP contribution in [0.2, 0.25) is 0 Å². The summed E-state index contributed by atoms with van der Waals surface area (Å²) in [6, 6.07) is 52.1. The van der Waals surface area contributed by atoms with Gasteiger partial charge in [-0.15, -0.1) is 0 Å². The maximum atomic E-state index is 13.4. The van der Waals surface area contributed by atoms with Crippen molar-refractivity contribution in [1.82, 2.24) is 0 Å². The van der Waals surface area contributed by atoms with Gasteiger partial charge in [0.2, 0.25) is 0 Å². The van der Waals surface area contributed by atoms with Crippen molar-refractivity contribution in [2.75, 3.05) is 0 Å². The summed E-state index contributed by atoms with van der Waals surface area (Å²) in [5, 5.41) is 0. The van der Waals surface area contributed by atoms with Gasteiger partial charge in [-0.1, -0.05) is 160 Å². The Labute approximate surface area is 277 Å². The Morgan fingerprint density at radius 2 is 0.894 bits per heavy atom. The Morgan fingerprint density at radius 1 is 0.489 bits per heavy atom. The largest absolute Gasteiger partial charge is 0.584 e. The maximum absolute atomic E-state index is 13.4. The van der Waals surface area contributed by atoms with Gasteiger partial charge < -0.3 is 9.05 Å². The minimum atomic E-state index is -4.54. The summed E-state index contributed by atoms with van der Waals surface area (Å²) in [7, 11) is -4.54. The third-order valence-corrected chi connectivity index (χ3v) is 9.76. The lowest BCUT2D eigenvalue weighted by atomic mass is 9.77. The first-order chi connectivity index (χ1) is 22.8. The van der Waals surface area contributed by atoms with Crippen LogP contribution in [0, 0.1) is 0 Å². The molecule has 0 spiro atoms. The molecule has 0 amide bonds. The first-order valence-corrected chi connectivity index (χ1v) is 17.5. The van der Waals surface area contributed by atoms with E-state index in [0.29, 0.717) is 0 Å². The molecule has 0 saturated heterocycles. The second-order valence-electron chi connectivity index (χ2n) is 11.9. The van der Waals surface area contributed by atoms with Crippen LogP contribution in [-0.4, -0.2) is 4.89 Å². The van der Waals surface area contributed by atoms with Crippen molar-refractivity contribution < 1.29 is 18.5 Å². The molecule has 0 aliphatic rings. The van der Waals surface area contributed by atoms with Gasteiger partial charge in [0.15, 0.2) is 0 Å². The quantitative estimate of drug-likeness (QED) is 0.144. The minimum Gasteiger partial charge on any atom is -0.395 e. The standard InChI is InChI=1S/C42H39O4P/c1-30(33-18-8-4-9-19-33)36-28-39(31(2)34-20-10-5-11-21-34)42(40(29-36)32(3)35-22-12-6-13-23-35)38-26-16-17-27-41(38)46-47(43,44)45-37-24-14-7-15-25-37/h4-32H,1-3H3,(H,43,44). The average Bonchev–Trinajstić information content (AvgIpc) is 3.11. The molecule has 4 nitrogen and oxygen atoms in total. The van der Waals surface area contributed by atoms with E-state index in [1.807, 2.05) is 42.5 Å². The second-order valence-corrected chi connectivity index (χ2v) is 13.2. The Bertz CT molecular complexity index is 1890. The number of benzene rings is 6. The van der Waals surface area contributed by atoms with E-state index in [2.05, 4.69) is 106 Å². The van der Waals surface area contributed by atoms with E-state index < -0.39 is 7.82 Å². The number of phosphoric acid groups is 1. The van der Waals surface area contributed by atoms with Crippen LogP contribution in [0.15, 0.2) is 158 Å². The van der Waals surface area contributed by atoms with E-state index in [1.54, 1.807) is 30.3 Å². The first-order valence-electron chi connectivity index (χ1n) is 16.0. The molecule has 0 aromatic heterocycles. The van der Waals surface area contributed by atoms with Gasteiger partial charge in [-0.25, -0.2) is 4.57 Å². The van der Waals surface area contributed by atoms with Gasteiger partial charge in [-0.05, 0) is 57.1 Å². The van der Waals surface area contributed by atoms with Crippen molar-refractivity contribution in [2.24, 2.45) is 0 Å². The van der Waals surface area contributed by atoms with Crippen LogP contribution in [0.3, 0.4) is 0 Å². The zero-order valence-electron chi connectivity index (χ0n) is 26.9. The average molecular weight is 639 g/mol. The topological polar surface area (TPSA) is 55.8 Å². The summed E-state index contributed by atoms with van der Waals surface area (Å²) in [5.41, 5.74) is 8.73. The summed E-state index contributed by atoms with van der Waals surface area (Å²) in [6.45, 7) is 6.69.